The van der Waals surface area contributed by atoms with Crippen molar-refractivity contribution in [3.05, 3.63) is 36.4 Å². The number of nitrogens with one attached hydrogen (secondary N) is 2. The summed E-state index contributed by atoms with van der Waals surface area (Å²) in [7, 11) is 0. The Bertz CT molecular complexity index is 745. The Morgan fingerprint density at radius 3 is 2.71 bits per heavy atom. The molecule has 0 aromatic heterocycles. The van der Waals surface area contributed by atoms with Crippen molar-refractivity contribution in [2.75, 3.05) is 12.0 Å². The summed E-state index contributed by atoms with van der Waals surface area (Å²) in [6.45, 7) is 2.57. The number of rotatable bonds is 5. The van der Waals surface area contributed by atoms with Gasteiger partial charge in [0.25, 0.3) is 0 Å². The van der Waals surface area contributed by atoms with E-state index >= 15 is 0 Å². The van der Waals surface area contributed by atoms with Gasteiger partial charge in [0, 0.05) is 0 Å². The summed E-state index contributed by atoms with van der Waals surface area (Å²) in [4.78, 5) is 0. The summed E-state index contributed by atoms with van der Waals surface area (Å²) in [5, 5.41) is 21.8. The van der Waals surface area contributed by atoms with E-state index in [-0.39, 0.29) is 11.5 Å². The van der Waals surface area contributed by atoms with Crippen molar-refractivity contribution >= 4 is 28.0 Å². The van der Waals surface area contributed by atoms with Gasteiger partial charge in [-0.2, -0.15) is 10.4 Å². The Labute approximate surface area is 122 Å². The quantitative estimate of drug-likeness (QED) is 0.444. The van der Waals surface area contributed by atoms with Crippen molar-refractivity contribution in [2.45, 2.75) is 6.92 Å². The molecule has 0 aliphatic rings. The first-order valence-electron chi connectivity index (χ1n) is 6.39. The van der Waals surface area contributed by atoms with Crippen LogP contribution in [0.5, 0.6) is 5.75 Å². The Kier molecular flexibility index (Phi) is 4.36. The number of nitrogens with zero attached hydrogens (tertiary/aromatic N) is 2. The molecule has 0 unspecified atom stereocenters. The van der Waals surface area contributed by atoms with E-state index in [4.69, 9.17) is 21.1 Å². The molecule has 0 bridgehead atoms. The van der Waals surface area contributed by atoms with Crippen molar-refractivity contribution in [3.63, 3.8) is 0 Å². The number of hydrogen-bond donors (Lipinski definition) is 3. The van der Waals surface area contributed by atoms with E-state index in [9.17, 15) is 0 Å². The van der Waals surface area contributed by atoms with E-state index in [2.05, 4.69) is 10.5 Å². The van der Waals surface area contributed by atoms with Crippen LogP contribution in [-0.4, -0.2) is 18.2 Å². The molecule has 0 aliphatic carbocycles. The number of nitrogens with two attached hydrogens (primary N) is 1. The van der Waals surface area contributed by atoms with E-state index in [1.165, 1.54) is 0 Å². The van der Waals surface area contributed by atoms with Crippen LogP contribution in [0.3, 0.4) is 0 Å². The molecule has 2 rings (SSSR count). The minimum atomic E-state index is -0.368. The molecular formula is C15H15N5O. The molecular weight excluding hydrogens is 266 g/mol. The van der Waals surface area contributed by atoms with Gasteiger partial charge in [0.2, 0.25) is 5.71 Å². The van der Waals surface area contributed by atoms with Crippen molar-refractivity contribution in [2.24, 2.45) is 10.8 Å². The predicted octanol–water partition coefficient (Wildman–Crippen LogP) is 2.47. The van der Waals surface area contributed by atoms with Crippen LogP contribution in [0.2, 0.25) is 0 Å². The molecule has 2 aromatic carbocycles. The molecule has 6 heteroatoms. The maximum Gasteiger partial charge on any atom is 0.201 e. The average molecular weight is 281 g/mol. The Hall–Kier alpha value is -3.07. The highest BCUT2D eigenvalue weighted by Crippen LogP contribution is 2.24. The fourth-order valence-corrected chi connectivity index (χ4v) is 1.82. The van der Waals surface area contributed by atoms with Gasteiger partial charge in [0.15, 0.2) is 5.84 Å². The van der Waals surface area contributed by atoms with Crippen molar-refractivity contribution in [3.8, 4) is 11.8 Å². The molecule has 0 aliphatic heterocycles. The minimum absolute atomic E-state index is 0.151. The smallest absolute Gasteiger partial charge is 0.201 e. The second-order valence-electron chi connectivity index (χ2n) is 4.25. The minimum Gasteiger partial charge on any atom is -0.494 e. The van der Waals surface area contributed by atoms with Gasteiger partial charge in [-0.05, 0) is 42.0 Å². The number of hydrogen-bond acceptors (Lipinski definition) is 5. The fourth-order valence-electron chi connectivity index (χ4n) is 1.82. The van der Waals surface area contributed by atoms with Gasteiger partial charge in [-0.25, -0.2) is 0 Å². The highest BCUT2D eigenvalue weighted by molar-refractivity contribution is 6.45. The number of nitriles is 1. The predicted molar refractivity (Wildman–Crippen MR) is 83.7 cm³/mol. The summed E-state index contributed by atoms with van der Waals surface area (Å²) >= 11 is 0. The van der Waals surface area contributed by atoms with E-state index in [0.29, 0.717) is 12.3 Å². The lowest BCUT2D eigenvalue weighted by atomic mass is 10.1. The highest BCUT2D eigenvalue weighted by Gasteiger charge is 2.02. The van der Waals surface area contributed by atoms with Gasteiger partial charge in [0.05, 0.1) is 12.3 Å². The number of ether oxygens (including phenoxy) is 1. The monoisotopic (exact) mass is 281 g/mol. The maximum absolute atomic E-state index is 8.77. The van der Waals surface area contributed by atoms with Gasteiger partial charge in [-0.3, -0.25) is 10.8 Å². The van der Waals surface area contributed by atoms with Crippen LogP contribution in [0.1, 0.15) is 6.92 Å². The average Bonchev–Trinajstić information content (AvgIpc) is 2.48. The molecule has 0 spiro atoms. The third-order valence-electron chi connectivity index (χ3n) is 2.78. The second-order valence-corrected chi connectivity index (χ2v) is 4.25. The third kappa shape index (κ3) is 3.48. The van der Waals surface area contributed by atoms with Crippen molar-refractivity contribution < 1.29 is 4.74 Å². The van der Waals surface area contributed by atoms with Gasteiger partial charge in [-0.15, -0.1) is 0 Å². The van der Waals surface area contributed by atoms with E-state index in [0.717, 1.165) is 16.5 Å². The van der Waals surface area contributed by atoms with E-state index in [1.54, 1.807) is 6.07 Å². The Morgan fingerprint density at radius 2 is 2.05 bits per heavy atom. The normalized spacial score (nSPS) is 11.0. The Morgan fingerprint density at radius 1 is 1.33 bits per heavy atom. The van der Waals surface area contributed by atoms with Gasteiger partial charge < -0.3 is 10.5 Å². The largest absolute Gasteiger partial charge is 0.494 e. The summed E-state index contributed by atoms with van der Waals surface area (Å²) in [6.07, 6.45) is 0. The lowest BCUT2D eigenvalue weighted by Gasteiger charge is -2.06. The van der Waals surface area contributed by atoms with Crippen LogP contribution in [0.15, 0.2) is 41.5 Å². The van der Waals surface area contributed by atoms with E-state index in [1.807, 2.05) is 43.3 Å². The highest BCUT2D eigenvalue weighted by atomic mass is 16.5. The standard InChI is InChI=1S/C15H15N5O/c1-2-21-13-6-4-10-7-12(5-3-11(10)8-13)19-20-14(9-16)15(17)18/h3-8,19H,2H2,1H3,(H3,17,18)/b20-14+. The molecule has 0 heterocycles. The first-order valence-corrected chi connectivity index (χ1v) is 6.39. The number of fused-ring (bicyclic) bond motifs is 1. The summed E-state index contributed by atoms with van der Waals surface area (Å²) in [5.41, 5.74) is 8.50. The molecule has 0 fully saturated rings. The molecule has 0 saturated carbocycles. The topological polar surface area (TPSA) is 107 Å². The van der Waals surface area contributed by atoms with Crippen molar-refractivity contribution in [1.29, 1.82) is 10.7 Å². The van der Waals surface area contributed by atoms with Crippen LogP contribution in [0.4, 0.5) is 5.69 Å². The second kappa shape index (κ2) is 6.39. The van der Waals surface area contributed by atoms with Crippen molar-refractivity contribution in [1.82, 2.24) is 0 Å². The molecule has 0 saturated heterocycles. The molecule has 21 heavy (non-hydrogen) atoms. The maximum atomic E-state index is 8.77. The lowest BCUT2D eigenvalue weighted by Crippen LogP contribution is -2.21. The molecule has 0 amide bonds. The zero-order chi connectivity index (χ0) is 15.2. The molecule has 106 valence electrons. The number of anilines is 1. The van der Waals surface area contributed by atoms with Gasteiger partial charge in [0.1, 0.15) is 11.8 Å². The van der Waals surface area contributed by atoms with Crippen LogP contribution in [0.25, 0.3) is 10.8 Å². The molecule has 0 radical (unpaired) electrons. The first-order chi connectivity index (χ1) is 10.1. The number of hydrazone groups is 1. The molecule has 2 aromatic rings. The molecule has 4 N–H and O–H groups in total. The summed E-state index contributed by atoms with van der Waals surface area (Å²) < 4.78 is 5.45. The summed E-state index contributed by atoms with van der Waals surface area (Å²) in [6, 6.07) is 13.2. The molecule has 0 atom stereocenters. The number of benzene rings is 2. The van der Waals surface area contributed by atoms with Gasteiger partial charge in [-0.1, -0.05) is 12.1 Å². The molecule has 6 nitrogen and oxygen atoms in total. The SMILES string of the molecule is CCOc1ccc2cc(N/N=C(\C#N)C(=N)N)ccc2c1. The van der Waals surface area contributed by atoms with Gasteiger partial charge >= 0.3 is 0 Å². The summed E-state index contributed by atoms with van der Waals surface area (Å²) in [5.74, 6) is 0.458. The van der Waals surface area contributed by atoms with Crippen LogP contribution in [0, 0.1) is 16.7 Å². The zero-order valence-electron chi connectivity index (χ0n) is 11.6. The zero-order valence-corrected chi connectivity index (χ0v) is 11.6. The third-order valence-corrected chi connectivity index (χ3v) is 2.78. The van der Waals surface area contributed by atoms with E-state index < -0.39 is 0 Å². The van der Waals surface area contributed by atoms with Crippen LogP contribution >= 0.6 is 0 Å². The Balaban J connectivity index is 2.26. The number of amidine groups is 1. The first kappa shape index (κ1) is 14.3. The van der Waals surface area contributed by atoms with Crippen LogP contribution in [-0.2, 0) is 0 Å². The fraction of sp³-hybridized carbons (Fsp3) is 0.133. The van der Waals surface area contributed by atoms with Crippen LogP contribution < -0.4 is 15.9 Å². The lowest BCUT2D eigenvalue weighted by molar-refractivity contribution is 0.341.